The van der Waals surface area contributed by atoms with E-state index in [4.69, 9.17) is 5.11 Å². The van der Waals surface area contributed by atoms with Crippen LogP contribution in [0, 0.1) is 5.92 Å². The second kappa shape index (κ2) is 10.0. The van der Waals surface area contributed by atoms with Crippen molar-refractivity contribution in [2.45, 2.75) is 74.5 Å². The maximum absolute atomic E-state index is 10.9. The summed E-state index contributed by atoms with van der Waals surface area (Å²) in [7, 11) is 0. The minimum atomic E-state index is -1.27. The summed E-state index contributed by atoms with van der Waals surface area (Å²) < 4.78 is 1.02. The van der Waals surface area contributed by atoms with E-state index >= 15 is 0 Å². The minimum Gasteiger partial charge on any atom is -0.464 e. The third-order valence-corrected chi connectivity index (χ3v) is 6.99. The molecule has 1 aromatic rings. The Bertz CT molecular complexity index is 643. The molecule has 6 N–H and O–H groups in total. The molecule has 1 saturated heterocycles. The largest absolute Gasteiger partial charge is 0.464 e. The number of aliphatic hydroxyl groups is 4. The minimum absolute atomic E-state index is 0.0390. The van der Waals surface area contributed by atoms with Gasteiger partial charge in [-0.2, -0.15) is 0 Å². The van der Waals surface area contributed by atoms with Crippen molar-refractivity contribution in [2.24, 2.45) is 5.92 Å². The molecule has 1 aromatic heterocycles. The van der Waals surface area contributed by atoms with Crippen molar-refractivity contribution in [2.75, 3.05) is 6.61 Å². The van der Waals surface area contributed by atoms with Gasteiger partial charge in [-0.1, -0.05) is 6.92 Å². The number of nitrogens with one attached hydrogen (secondary N) is 1. The van der Waals surface area contributed by atoms with Crippen LogP contribution < -0.4 is 5.32 Å². The molecule has 160 valence electrons. The third kappa shape index (κ3) is 5.68. The van der Waals surface area contributed by atoms with E-state index in [9.17, 15) is 25.2 Å². The quantitative estimate of drug-likeness (QED) is 0.341. The van der Waals surface area contributed by atoms with E-state index in [2.05, 4.69) is 10.3 Å². The number of carboxylic acid groups (broad SMARTS) is 1. The zero-order valence-electron chi connectivity index (χ0n) is 16.3. The van der Waals surface area contributed by atoms with Gasteiger partial charge in [0, 0.05) is 30.0 Å². The van der Waals surface area contributed by atoms with Gasteiger partial charge in [0.2, 0.25) is 0 Å². The molecule has 2 rings (SSSR count). The van der Waals surface area contributed by atoms with Gasteiger partial charge >= 0.3 is 6.09 Å². The number of imidazole rings is 1. The Morgan fingerprint density at radius 3 is 2.46 bits per heavy atom. The van der Waals surface area contributed by atoms with E-state index in [0.717, 1.165) is 11.0 Å². The molecule has 0 aliphatic carbocycles. The van der Waals surface area contributed by atoms with Gasteiger partial charge in [-0.05, 0) is 26.2 Å². The summed E-state index contributed by atoms with van der Waals surface area (Å²) in [5.74, 6) is 0.0390. The highest BCUT2D eigenvalue weighted by molar-refractivity contribution is 8.00. The molecule has 8 atom stereocenters. The molecule has 28 heavy (non-hydrogen) atoms. The second-order valence-corrected chi connectivity index (χ2v) is 9.16. The van der Waals surface area contributed by atoms with Gasteiger partial charge in [-0.25, -0.2) is 14.3 Å². The fourth-order valence-corrected chi connectivity index (χ4v) is 5.31. The van der Waals surface area contributed by atoms with Crippen LogP contribution in [0.1, 0.15) is 32.9 Å². The molecular formula is C18H31N3O6S. The number of hydrogen-bond donors (Lipinski definition) is 6. The summed E-state index contributed by atoms with van der Waals surface area (Å²) in [6.07, 6.45) is -0.464. The number of thioether (sulfide) groups is 1. The van der Waals surface area contributed by atoms with Gasteiger partial charge in [-0.3, -0.25) is 0 Å². The lowest BCUT2D eigenvalue weighted by Gasteiger charge is -2.42. The summed E-state index contributed by atoms with van der Waals surface area (Å²) in [6, 6.07) is 0.178. The molecule has 1 aliphatic rings. The Balaban J connectivity index is 1.86. The maximum Gasteiger partial charge on any atom is 0.416 e. The molecule has 0 spiro atoms. The number of aromatic nitrogens is 2. The van der Waals surface area contributed by atoms with Gasteiger partial charge in [0.05, 0.1) is 29.8 Å². The smallest absolute Gasteiger partial charge is 0.416 e. The number of rotatable bonds is 8. The second-order valence-electron chi connectivity index (χ2n) is 7.73. The van der Waals surface area contributed by atoms with Gasteiger partial charge in [0.15, 0.2) is 0 Å². The molecule has 1 fully saturated rings. The SMILES string of the molecule is CC(CC(C)[C@@H]1S[C@H](CO)[C@H](O)[C@H](O)[C@H]1O)N[C@H](C)Cc1cn(C(=O)O)cn1. The molecule has 0 bridgehead atoms. The molecule has 0 amide bonds. The van der Waals surface area contributed by atoms with E-state index in [0.29, 0.717) is 12.1 Å². The van der Waals surface area contributed by atoms with Crippen LogP contribution in [-0.4, -0.2) is 88.7 Å². The van der Waals surface area contributed by atoms with Crippen LogP contribution in [-0.2, 0) is 6.42 Å². The van der Waals surface area contributed by atoms with Gasteiger partial charge < -0.3 is 30.8 Å². The van der Waals surface area contributed by atoms with Crippen molar-refractivity contribution in [3.8, 4) is 0 Å². The van der Waals surface area contributed by atoms with Crippen molar-refractivity contribution in [3.05, 3.63) is 18.2 Å². The van der Waals surface area contributed by atoms with Gasteiger partial charge in [0.1, 0.15) is 12.4 Å². The van der Waals surface area contributed by atoms with E-state index in [1.54, 1.807) is 0 Å². The average Bonchev–Trinajstić information content (AvgIpc) is 3.08. The highest BCUT2D eigenvalue weighted by Gasteiger charge is 2.44. The number of aliphatic hydroxyl groups excluding tert-OH is 4. The monoisotopic (exact) mass is 417 g/mol. The van der Waals surface area contributed by atoms with Crippen LogP contribution in [0.5, 0.6) is 0 Å². The first-order valence-corrected chi connectivity index (χ1v) is 10.4. The van der Waals surface area contributed by atoms with Gasteiger partial charge in [0.25, 0.3) is 0 Å². The number of hydrogen-bond acceptors (Lipinski definition) is 8. The van der Waals surface area contributed by atoms with E-state index in [1.165, 1.54) is 24.3 Å². The Morgan fingerprint density at radius 2 is 1.89 bits per heavy atom. The summed E-state index contributed by atoms with van der Waals surface area (Å²) in [5, 5.41) is 51.3. The molecule has 2 unspecified atom stereocenters. The van der Waals surface area contributed by atoms with Crippen molar-refractivity contribution in [1.29, 1.82) is 0 Å². The molecule has 0 radical (unpaired) electrons. The maximum atomic E-state index is 10.9. The molecule has 2 heterocycles. The predicted octanol–water partition coefficient (Wildman–Crippen LogP) is -0.0965. The summed E-state index contributed by atoms with van der Waals surface area (Å²) in [6.45, 7) is 5.74. The molecule has 0 saturated carbocycles. The normalized spacial score (nSPS) is 31.3. The van der Waals surface area contributed by atoms with E-state index < -0.39 is 29.7 Å². The Labute approximate surface area is 168 Å². The zero-order chi connectivity index (χ0) is 21.0. The Morgan fingerprint density at radius 1 is 1.21 bits per heavy atom. The Hall–Kier alpha value is -1.17. The van der Waals surface area contributed by atoms with Crippen molar-refractivity contribution in [1.82, 2.24) is 14.9 Å². The predicted molar refractivity (Wildman–Crippen MR) is 105 cm³/mol. The average molecular weight is 418 g/mol. The first kappa shape index (κ1) is 23.1. The van der Waals surface area contributed by atoms with Crippen molar-refractivity contribution in [3.63, 3.8) is 0 Å². The first-order valence-electron chi connectivity index (χ1n) is 9.46. The van der Waals surface area contributed by atoms with E-state index in [-0.39, 0.29) is 29.9 Å². The van der Waals surface area contributed by atoms with Crippen molar-refractivity contribution < 1.29 is 30.3 Å². The highest BCUT2D eigenvalue weighted by atomic mass is 32.2. The summed E-state index contributed by atoms with van der Waals surface area (Å²) >= 11 is 1.32. The fourth-order valence-electron chi connectivity index (χ4n) is 3.79. The van der Waals surface area contributed by atoms with Crippen LogP contribution in [0.25, 0.3) is 0 Å². The standard InChI is InChI=1S/C18H31N3O6S/c1-9(17-16(25)15(24)14(23)13(7-22)28-17)4-10(2)20-11(3)5-12-6-21(8-19-12)18(26)27/h6,8-11,13-17,20,22-25H,4-5,7H2,1-3H3,(H,26,27)/t9?,10?,11-,13-,14+,15+,16-,17+/m1/s1. The molecular weight excluding hydrogens is 386 g/mol. The topological polar surface area (TPSA) is 148 Å². The van der Waals surface area contributed by atoms with E-state index in [1.807, 2.05) is 20.8 Å². The van der Waals surface area contributed by atoms with Crippen LogP contribution >= 0.6 is 11.8 Å². The first-order chi connectivity index (χ1) is 13.1. The number of carbonyl (C=O) groups is 1. The number of nitrogens with zero attached hydrogens (tertiary/aromatic N) is 2. The Kier molecular flexibility index (Phi) is 8.29. The molecule has 0 aromatic carbocycles. The fraction of sp³-hybridized carbons (Fsp3) is 0.778. The van der Waals surface area contributed by atoms with Crippen LogP contribution in [0.3, 0.4) is 0 Å². The van der Waals surface area contributed by atoms with Crippen molar-refractivity contribution >= 4 is 17.9 Å². The summed E-state index contributed by atoms with van der Waals surface area (Å²) in [4.78, 5) is 15.0. The van der Waals surface area contributed by atoms with Crippen LogP contribution in [0.2, 0.25) is 0 Å². The highest BCUT2D eigenvalue weighted by Crippen LogP contribution is 2.38. The summed E-state index contributed by atoms with van der Waals surface area (Å²) in [5.41, 5.74) is 0.684. The third-order valence-electron chi connectivity index (χ3n) is 5.16. The molecule has 9 nitrogen and oxygen atoms in total. The van der Waals surface area contributed by atoms with Crippen LogP contribution in [0.4, 0.5) is 4.79 Å². The lowest BCUT2D eigenvalue weighted by atomic mass is 9.90. The lowest BCUT2D eigenvalue weighted by molar-refractivity contribution is -0.0744. The molecule has 1 aliphatic heterocycles. The molecule has 10 heteroatoms. The van der Waals surface area contributed by atoms with Crippen LogP contribution in [0.15, 0.2) is 12.5 Å². The zero-order valence-corrected chi connectivity index (χ0v) is 17.2. The lowest BCUT2D eigenvalue weighted by Crippen LogP contribution is -2.56. The van der Waals surface area contributed by atoms with Gasteiger partial charge in [-0.15, -0.1) is 11.8 Å².